The summed E-state index contributed by atoms with van der Waals surface area (Å²) >= 11 is 0. The van der Waals surface area contributed by atoms with Crippen molar-refractivity contribution in [3.8, 4) is 0 Å². The molecule has 0 unspecified atom stereocenters. The molecule has 0 aromatic carbocycles. The molecule has 0 saturated heterocycles. The maximum Gasteiger partial charge on any atom is 0.328 e. The number of rotatable bonds is 6. The van der Waals surface area contributed by atoms with Crippen LogP contribution in [0, 0.1) is 0 Å². The van der Waals surface area contributed by atoms with Crippen molar-refractivity contribution >= 4 is 12.3 Å². The summed E-state index contributed by atoms with van der Waals surface area (Å²) in [5.41, 5.74) is 0.813. The Labute approximate surface area is 110 Å². The zero-order valence-electron chi connectivity index (χ0n) is 10.7. The van der Waals surface area contributed by atoms with Crippen molar-refractivity contribution in [2.45, 2.75) is 38.3 Å². The Morgan fingerprint density at radius 1 is 1.11 bits per heavy atom. The number of aldehydes is 1. The number of carboxylic acid groups (broad SMARTS) is 1. The van der Waals surface area contributed by atoms with Gasteiger partial charge in [-0.15, -0.1) is 0 Å². The standard InChI is InChI=1S/C6H12O6.C5H8O2/c7-1-3(9)5(11)6(12)4(10)2-8;1-4(2)3-5(6)7/h1,3-6,8-12H,2H2;3H,1-2H3,(H,6,7)/t3-,4+,5+,6+;/m0./s1. The Morgan fingerprint density at radius 2 is 1.58 bits per heavy atom. The number of aliphatic carboxylic acids is 1. The number of aliphatic hydroxyl groups excluding tert-OH is 5. The lowest BCUT2D eigenvalue weighted by Crippen LogP contribution is -2.46. The van der Waals surface area contributed by atoms with E-state index in [1.165, 1.54) is 6.08 Å². The number of aliphatic hydroxyl groups is 5. The van der Waals surface area contributed by atoms with Crippen molar-refractivity contribution in [2.75, 3.05) is 6.61 Å². The molecule has 0 amide bonds. The van der Waals surface area contributed by atoms with Crippen LogP contribution in [-0.4, -0.2) is 73.9 Å². The number of carboxylic acids is 1. The highest BCUT2D eigenvalue weighted by molar-refractivity contribution is 5.80. The molecule has 0 aromatic heterocycles. The molecule has 0 heterocycles. The molecule has 8 nitrogen and oxygen atoms in total. The van der Waals surface area contributed by atoms with E-state index in [0.717, 1.165) is 5.57 Å². The summed E-state index contributed by atoms with van der Waals surface area (Å²) in [7, 11) is 0. The average Bonchev–Trinajstić information content (AvgIpc) is 2.34. The highest BCUT2D eigenvalue weighted by Gasteiger charge is 2.29. The first-order valence-electron chi connectivity index (χ1n) is 5.33. The minimum Gasteiger partial charge on any atom is -0.478 e. The van der Waals surface area contributed by atoms with Gasteiger partial charge in [-0.05, 0) is 13.8 Å². The lowest BCUT2D eigenvalue weighted by Gasteiger charge is -2.22. The van der Waals surface area contributed by atoms with Gasteiger partial charge in [0.15, 0.2) is 6.29 Å². The second kappa shape index (κ2) is 10.6. The van der Waals surface area contributed by atoms with Gasteiger partial charge in [0, 0.05) is 6.08 Å². The van der Waals surface area contributed by atoms with Gasteiger partial charge in [-0.25, -0.2) is 4.79 Å². The lowest BCUT2D eigenvalue weighted by atomic mass is 10.0. The second-order valence-electron chi connectivity index (χ2n) is 3.92. The van der Waals surface area contributed by atoms with Gasteiger partial charge in [0.05, 0.1) is 6.61 Å². The van der Waals surface area contributed by atoms with Crippen molar-refractivity contribution in [2.24, 2.45) is 0 Å². The highest BCUT2D eigenvalue weighted by Crippen LogP contribution is 2.02. The van der Waals surface area contributed by atoms with Crippen LogP contribution in [0.3, 0.4) is 0 Å². The molecule has 8 heteroatoms. The van der Waals surface area contributed by atoms with E-state index in [9.17, 15) is 9.59 Å². The van der Waals surface area contributed by atoms with Gasteiger partial charge in [0.1, 0.15) is 24.4 Å². The van der Waals surface area contributed by atoms with Crippen LogP contribution in [0.5, 0.6) is 0 Å². The van der Waals surface area contributed by atoms with Crippen LogP contribution in [0.2, 0.25) is 0 Å². The minimum absolute atomic E-state index is 0.0258. The van der Waals surface area contributed by atoms with Crippen molar-refractivity contribution in [1.82, 2.24) is 0 Å². The largest absolute Gasteiger partial charge is 0.478 e. The monoisotopic (exact) mass is 280 g/mol. The molecule has 4 atom stereocenters. The maximum atomic E-state index is 9.90. The zero-order chi connectivity index (χ0) is 15.6. The van der Waals surface area contributed by atoms with E-state index >= 15 is 0 Å². The highest BCUT2D eigenvalue weighted by atomic mass is 16.4. The molecule has 19 heavy (non-hydrogen) atoms. The fourth-order valence-electron chi connectivity index (χ4n) is 0.865. The van der Waals surface area contributed by atoms with Crippen molar-refractivity contribution in [3.63, 3.8) is 0 Å². The number of allylic oxidation sites excluding steroid dienone is 1. The van der Waals surface area contributed by atoms with E-state index in [0.29, 0.717) is 0 Å². The SMILES string of the molecule is CC(C)=CC(=O)O.O=C[C@H](O)[C@@H](O)[C@H](O)[C@H](O)CO. The quantitative estimate of drug-likeness (QED) is 0.233. The molecule has 112 valence electrons. The van der Waals surface area contributed by atoms with E-state index in [-0.39, 0.29) is 6.29 Å². The summed E-state index contributed by atoms with van der Waals surface area (Å²) < 4.78 is 0. The van der Waals surface area contributed by atoms with Crippen LogP contribution < -0.4 is 0 Å². The fraction of sp³-hybridized carbons (Fsp3) is 0.636. The minimum atomic E-state index is -1.79. The van der Waals surface area contributed by atoms with Crippen LogP contribution in [0.15, 0.2) is 11.6 Å². The normalized spacial score (nSPS) is 16.2. The van der Waals surface area contributed by atoms with Gasteiger partial charge in [0.25, 0.3) is 0 Å². The second-order valence-corrected chi connectivity index (χ2v) is 3.92. The van der Waals surface area contributed by atoms with Gasteiger partial charge in [-0.1, -0.05) is 5.57 Å². The number of carbonyl (C=O) groups excluding carboxylic acids is 1. The van der Waals surface area contributed by atoms with Gasteiger partial charge in [0.2, 0.25) is 0 Å². The predicted octanol–water partition coefficient (Wildman–Crippen LogP) is -2.34. The molecule has 0 aromatic rings. The lowest BCUT2D eigenvalue weighted by molar-refractivity contribution is -0.136. The third-order valence-electron chi connectivity index (χ3n) is 1.83. The Morgan fingerprint density at radius 3 is 1.79 bits per heavy atom. The van der Waals surface area contributed by atoms with Crippen LogP contribution in [0.4, 0.5) is 0 Å². The molecular weight excluding hydrogens is 260 g/mol. The topological polar surface area (TPSA) is 156 Å². The van der Waals surface area contributed by atoms with E-state index in [1.54, 1.807) is 13.8 Å². The van der Waals surface area contributed by atoms with Crippen molar-refractivity contribution < 1.29 is 40.2 Å². The smallest absolute Gasteiger partial charge is 0.328 e. The van der Waals surface area contributed by atoms with Gasteiger partial charge < -0.3 is 35.4 Å². The van der Waals surface area contributed by atoms with Crippen LogP contribution in [0.1, 0.15) is 13.8 Å². The molecule has 0 bridgehead atoms. The van der Waals surface area contributed by atoms with Gasteiger partial charge in [-0.2, -0.15) is 0 Å². The first kappa shape index (κ1) is 20.0. The third-order valence-corrected chi connectivity index (χ3v) is 1.83. The fourth-order valence-corrected chi connectivity index (χ4v) is 0.865. The van der Waals surface area contributed by atoms with E-state index in [1.807, 2.05) is 0 Å². The molecule has 0 aliphatic rings. The van der Waals surface area contributed by atoms with E-state index in [4.69, 9.17) is 30.6 Å². The summed E-state index contributed by atoms with van der Waals surface area (Å²) in [6.45, 7) is 2.73. The number of hydrogen-bond donors (Lipinski definition) is 6. The van der Waals surface area contributed by atoms with Crippen molar-refractivity contribution in [3.05, 3.63) is 11.6 Å². The predicted molar refractivity (Wildman–Crippen MR) is 64.2 cm³/mol. The zero-order valence-corrected chi connectivity index (χ0v) is 10.7. The van der Waals surface area contributed by atoms with E-state index < -0.39 is 37.0 Å². The number of carbonyl (C=O) groups is 2. The summed E-state index contributed by atoms with van der Waals surface area (Å²) in [6, 6.07) is 0. The van der Waals surface area contributed by atoms with Gasteiger partial charge >= 0.3 is 5.97 Å². The summed E-state index contributed by atoms with van der Waals surface area (Å²) in [5.74, 6) is -0.875. The van der Waals surface area contributed by atoms with Crippen LogP contribution in [-0.2, 0) is 9.59 Å². The molecule has 0 aliphatic carbocycles. The first-order chi connectivity index (χ1) is 8.67. The molecule has 0 spiro atoms. The molecule has 0 aliphatic heterocycles. The number of hydrogen-bond acceptors (Lipinski definition) is 7. The van der Waals surface area contributed by atoms with Crippen LogP contribution >= 0.6 is 0 Å². The van der Waals surface area contributed by atoms with Gasteiger partial charge in [-0.3, -0.25) is 0 Å². The van der Waals surface area contributed by atoms with E-state index in [2.05, 4.69) is 0 Å². The molecule has 6 N–H and O–H groups in total. The Kier molecular flexibility index (Phi) is 11.1. The third kappa shape index (κ3) is 10.3. The Bertz CT molecular complexity index is 297. The molecule has 0 fully saturated rings. The molecule has 0 radical (unpaired) electrons. The Balaban J connectivity index is 0. The summed E-state index contributed by atoms with van der Waals surface area (Å²) in [4.78, 5) is 19.6. The molecular formula is C11H20O8. The van der Waals surface area contributed by atoms with Crippen LogP contribution in [0.25, 0.3) is 0 Å². The molecule has 0 saturated carbocycles. The molecule has 0 rings (SSSR count). The summed E-state index contributed by atoms with van der Waals surface area (Å²) in [5, 5.41) is 51.5. The summed E-state index contributed by atoms with van der Waals surface area (Å²) in [6.07, 6.45) is -5.67. The Hall–Kier alpha value is -1.32. The first-order valence-corrected chi connectivity index (χ1v) is 5.33. The maximum absolute atomic E-state index is 9.90. The van der Waals surface area contributed by atoms with Crippen molar-refractivity contribution in [1.29, 1.82) is 0 Å². The average molecular weight is 280 g/mol.